The molecule has 0 heterocycles. The average Bonchev–Trinajstić information content (AvgIpc) is 2.29. The molecule has 0 atom stereocenters. The smallest absolute Gasteiger partial charge is 0.299 e. The van der Waals surface area contributed by atoms with Crippen molar-refractivity contribution in [3.05, 3.63) is 37.9 Å². The molecule has 0 fully saturated rings. The molecule has 0 saturated carbocycles. The number of carboxylic acid groups (broad SMARTS) is 1. The van der Waals surface area contributed by atoms with Gasteiger partial charge in [-0.15, -0.1) is 0 Å². The number of carbonyl (C=O) groups is 1. The van der Waals surface area contributed by atoms with Gasteiger partial charge in [-0.3, -0.25) is 20.2 Å². The van der Waals surface area contributed by atoms with Crippen LogP contribution >= 0.6 is 0 Å². The third-order valence-corrected chi connectivity index (χ3v) is 2.27. The van der Waals surface area contributed by atoms with Crippen LogP contribution in [0.3, 0.4) is 0 Å². The Balaban J connectivity index is 3.19. The molecule has 9 nitrogen and oxygen atoms in total. The number of nitrogens with one attached hydrogen (secondary N) is 1. The Morgan fingerprint density at radius 2 is 1.68 bits per heavy atom. The van der Waals surface area contributed by atoms with Gasteiger partial charge < -0.3 is 15.2 Å². The first-order valence-corrected chi connectivity index (χ1v) is 5.20. The van der Waals surface area contributed by atoms with Crippen molar-refractivity contribution < 1.29 is 19.7 Å². The summed E-state index contributed by atoms with van der Waals surface area (Å²) in [5.74, 6) is -1.36. The second kappa shape index (κ2) is 5.76. The number of rotatable bonds is 6. The number of aryl methyl sites for hydroxylation is 1. The molecule has 0 spiro atoms. The van der Waals surface area contributed by atoms with Crippen LogP contribution in [0.15, 0.2) is 12.1 Å². The Morgan fingerprint density at radius 3 is 2.05 bits per heavy atom. The van der Waals surface area contributed by atoms with Gasteiger partial charge in [0.25, 0.3) is 11.4 Å². The van der Waals surface area contributed by atoms with E-state index in [0.29, 0.717) is 5.56 Å². The van der Waals surface area contributed by atoms with E-state index >= 15 is 0 Å². The number of hydrogen-bond donors (Lipinski definition) is 1. The van der Waals surface area contributed by atoms with Crippen LogP contribution in [0.25, 0.3) is 0 Å². The van der Waals surface area contributed by atoms with E-state index in [0.717, 1.165) is 0 Å². The van der Waals surface area contributed by atoms with E-state index < -0.39 is 33.6 Å². The van der Waals surface area contributed by atoms with Gasteiger partial charge in [-0.2, -0.15) is 0 Å². The molecule has 102 valence electrons. The maximum atomic E-state index is 10.9. The van der Waals surface area contributed by atoms with Crippen molar-refractivity contribution in [2.24, 2.45) is 0 Å². The highest BCUT2D eigenvalue weighted by Crippen LogP contribution is 2.35. The minimum Gasteiger partial charge on any atom is -0.550 e. The summed E-state index contributed by atoms with van der Waals surface area (Å²) in [6.45, 7) is 1.29. The molecule has 0 aliphatic rings. The minimum atomic E-state index is -1.36. The first-order chi connectivity index (χ1) is 8.82. The van der Waals surface area contributed by atoms with Crippen LogP contribution in [0.1, 0.15) is 12.0 Å². The Bertz CT molecular complexity index is 507. The standard InChI is InChI=1S/C10H11N3O6/c1-6-4-7(12(16)17)10(8(5-6)13(18)19)11-3-2-9(14)15/h4-5,11H,2-3H2,1H3,(H,14,15)/p-1. The molecule has 1 aromatic rings. The Kier molecular flexibility index (Phi) is 4.35. The second-order valence-electron chi connectivity index (χ2n) is 3.74. The topological polar surface area (TPSA) is 138 Å². The van der Waals surface area contributed by atoms with Crippen molar-refractivity contribution in [2.75, 3.05) is 11.9 Å². The molecule has 0 unspecified atom stereocenters. The predicted octanol–water partition coefficient (Wildman–Crippen LogP) is 0.363. The summed E-state index contributed by atoms with van der Waals surface area (Å²) in [4.78, 5) is 30.5. The van der Waals surface area contributed by atoms with E-state index in [1.807, 2.05) is 0 Å². The van der Waals surface area contributed by atoms with Crippen LogP contribution in [0, 0.1) is 27.2 Å². The normalized spacial score (nSPS) is 9.95. The summed E-state index contributed by atoms with van der Waals surface area (Å²) in [6, 6.07) is 2.35. The van der Waals surface area contributed by atoms with E-state index in [-0.39, 0.29) is 12.2 Å². The number of benzene rings is 1. The highest BCUT2D eigenvalue weighted by Gasteiger charge is 2.25. The number of carboxylic acids is 1. The number of nitro groups is 2. The third kappa shape index (κ3) is 3.63. The summed E-state index contributed by atoms with van der Waals surface area (Å²) in [5.41, 5.74) is -0.874. The van der Waals surface area contributed by atoms with Crippen molar-refractivity contribution in [2.45, 2.75) is 13.3 Å². The van der Waals surface area contributed by atoms with Gasteiger partial charge in [0.2, 0.25) is 0 Å². The van der Waals surface area contributed by atoms with Gasteiger partial charge in [-0.05, 0) is 12.5 Å². The molecule has 1 N–H and O–H groups in total. The Morgan fingerprint density at radius 1 is 1.21 bits per heavy atom. The van der Waals surface area contributed by atoms with E-state index in [2.05, 4.69) is 5.32 Å². The molecule has 0 radical (unpaired) electrons. The van der Waals surface area contributed by atoms with Gasteiger partial charge in [0, 0.05) is 31.1 Å². The molecule has 0 aliphatic heterocycles. The molecule has 9 heteroatoms. The fraction of sp³-hybridized carbons (Fsp3) is 0.300. The largest absolute Gasteiger partial charge is 0.550 e. The summed E-state index contributed by atoms with van der Waals surface area (Å²) < 4.78 is 0. The lowest BCUT2D eigenvalue weighted by molar-refractivity contribution is -0.392. The fourth-order valence-corrected chi connectivity index (χ4v) is 1.51. The highest BCUT2D eigenvalue weighted by molar-refractivity contribution is 5.75. The monoisotopic (exact) mass is 268 g/mol. The maximum absolute atomic E-state index is 10.9. The number of carbonyl (C=O) groups excluding carboxylic acids is 1. The number of anilines is 1. The third-order valence-electron chi connectivity index (χ3n) is 2.27. The summed E-state index contributed by atoms with van der Waals surface area (Å²) >= 11 is 0. The Hall–Kier alpha value is -2.71. The van der Waals surface area contributed by atoms with Crippen molar-refractivity contribution in [1.82, 2.24) is 0 Å². The fourth-order valence-electron chi connectivity index (χ4n) is 1.51. The van der Waals surface area contributed by atoms with Gasteiger partial charge >= 0.3 is 0 Å². The molecule has 0 amide bonds. The summed E-state index contributed by atoms with van der Waals surface area (Å²) in [6.07, 6.45) is -0.414. The van der Waals surface area contributed by atoms with Crippen molar-refractivity contribution >= 4 is 23.0 Å². The van der Waals surface area contributed by atoms with E-state index in [1.54, 1.807) is 0 Å². The van der Waals surface area contributed by atoms with Crippen LogP contribution in [0.5, 0.6) is 0 Å². The van der Waals surface area contributed by atoms with Gasteiger partial charge in [0.15, 0.2) is 5.69 Å². The first-order valence-electron chi connectivity index (χ1n) is 5.20. The lowest BCUT2D eigenvalue weighted by Gasteiger charge is -2.08. The van der Waals surface area contributed by atoms with Gasteiger partial charge in [-0.1, -0.05) is 0 Å². The van der Waals surface area contributed by atoms with Crippen molar-refractivity contribution in [3.63, 3.8) is 0 Å². The number of nitrogens with zero attached hydrogens (tertiary/aromatic N) is 2. The number of hydrogen-bond acceptors (Lipinski definition) is 7. The predicted molar refractivity (Wildman–Crippen MR) is 62.6 cm³/mol. The quantitative estimate of drug-likeness (QED) is 0.580. The molecule has 0 saturated heterocycles. The SMILES string of the molecule is Cc1cc([N+](=O)[O-])c(NCCC(=O)[O-])c([N+](=O)[O-])c1. The van der Waals surface area contributed by atoms with Crippen LogP contribution in [0.2, 0.25) is 0 Å². The molecule has 0 aliphatic carbocycles. The number of nitro benzene ring substituents is 2. The van der Waals surface area contributed by atoms with Crippen molar-refractivity contribution in [1.29, 1.82) is 0 Å². The zero-order valence-electron chi connectivity index (χ0n) is 9.91. The van der Waals surface area contributed by atoms with E-state index in [4.69, 9.17) is 0 Å². The van der Waals surface area contributed by atoms with Gasteiger partial charge in [0.05, 0.1) is 9.85 Å². The summed E-state index contributed by atoms with van der Waals surface area (Å²) in [7, 11) is 0. The van der Waals surface area contributed by atoms with Gasteiger partial charge in [0.1, 0.15) is 0 Å². The van der Waals surface area contributed by atoms with Crippen LogP contribution in [-0.2, 0) is 4.79 Å². The maximum Gasteiger partial charge on any atom is 0.299 e. The number of aliphatic carboxylic acids is 1. The molecule has 0 aromatic heterocycles. The van der Waals surface area contributed by atoms with Gasteiger partial charge in [-0.25, -0.2) is 0 Å². The van der Waals surface area contributed by atoms with Crippen molar-refractivity contribution in [3.8, 4) is 0 Å². The zero-order chi connectivity index (χ0) is 14.6. The van der Waals surface area contributed by atoms with Crippen LogP contribution in [-0.4, -0.2) is 22.4 Å². The molecular weight excluding hydrogens is 258 g/mol. The molecule has 19 heavy (non-hydrogen) atoms. The van der Waals surface area contributed by atoms with E-state index in [1.165, 1.54) is 19.1 Å². The zero-order valence-corrected chi connectivity index (χ0v) is 9.91. The van der Waals surface area contributed by atoms with Crippen LogP contribution in [0.4, 0.5) is 17.1 Å². The lowest BCUT2D eigenvalue weighted by Crippen LogP contribution is -2.25. The minimum absolute atomic E-state index is 0.201. The lowest BCUT2D eigenvalue weighted by atomic mass is 10.1. The average molecular weight is 268 g/mol. The highest BCUT2D eigenvalue weighted by atomic mass is 16.6. The molecule has 1 rings (SSSR count). The first kappa shape index (κ1) is 14.4. The molecule has 1 aromatic carbocycles. The van der Waals surface area contributed by atoms with E-state index in [9.17, 15) is 30.1 Å². The molecular formula is C10H10N3O6-. The molecule has 0 bridgehead atoms. The van der Waals surface area contributed by atoms with Crippen LogP contribution < -0.4 is 10.4 Å². The Labute approximate surface area is 107 Å². The second-order valence-corrected chi connectivity index (χ2v) is 3.74. The summed E-state index contributed by atoms with van der Waals surface area (Å²) in [5, 5.41) is 34.4.